The van der Waals surface area contributed by atoms with E-state index in [1.165, 1.54) is 7.11 Å². The highest BCUT2D eigenvalue weighted by Gasteiger charge is 2.11. The smallest absolute Gasteiger partial charge is 0.233 e. The van der Waals surface area contributed by atoms with E-state index in [0.717, 1.165) is 15.1 Å². The zero-order valence-electron chi connectivity index (χ0n) is 10.2. The van der Waals surface area contributed by atoms with Crippen LogP contribution in [0.25, 0.3) is 21.7 Å². The molecule has 0 atom stereocenters. The number of rotatable bonds is 2. The maximum absolute atomic E-state index is 6.17. The zero-order valence-corrected chi connectivity index (χ0v) is 11.8. The van der Waals surface area contributed by atoms with E-state index >= 15 is 0 Å². The molecule has 7 heteroatoms. The van der Waals surface area contributed by atoms with Gasteiger partial charge in [0.25, 0.3) is 0 Å². The number of methoxy groups -OCH3 is 1. The molecule has 0 saturated carbocycles. The van der Waals surface area contributed by atoms with Crippen LogP contribution in [-0.2, 0) is 0 Å². The number of hydrogen-bond donors (Lipinski definition) is 0. The van der Waals surface area contributed by atoms with E-state index in [0.29, 0.717) is 22.6 Å². The van der Waals surface area contributed by atoms with Gasteiger partial charge in [-0.25, -0.2) is 9.97 Å². The number of halogens is 1. The van der Waals surface area contributed by atoms with Gasteiger partial charge in [-0.15, -0.1) is 21.5 Å². The Morgan fingerprint density at radius 2 is 2.05 bits per heavy atom. The molecule has 3 aromatic heterocycles. The average molecular weight is 293 g/mol. The van der Waals surface area contributed by atoms with Crippen molar-refractivity contribution in [2.24, 2.45) is 0 Å². The van der Waals surface area contributed by atoms with Crippen LogP contribution in [0.4, 0.5) is 0 Å². The zero-order chi connectivity index (χ0) is 13.4. The molecule has 3 aromatic rings. The van der Waals surface area contributed by atoms with Crippen LogP contribution in [0.15, 0.2) is 18.2 Å². The first kappa shape index (κ1) is 12.3. The van der Waals surface area contributed by atoms with Gasteiger partial charge in [0.15, 0.2) is 5.82 Å². The maximum atomic E-state index is 6.17. The molecule has 0 N–H and O–H groups in total. The Kier molecular flexibility index (Phi) is 3.04. The highest BCUT2D eigenvalue weighted by Crippen LogP contribution is 2.30. The number of ether oxygens (including phenoxy) is 1. The molecular weight excluding hydrogens is 284 g/mol. The van der Waals surface area contributed by atoms with Gasteiger partial charge in [-0.2, -0.15) is 0 Å². The molecule has 5 nitrogen and oxygen atoms in total. The molecule has 0 unspecified atom stereocenters. The van der Waals surface area contributed by atoms with E-state index in [-0.39, 0.29) is 0 Å². The van der Waals surface area contributed by atoms with Crippen LogP contribution in [-0.4, -0.2) is 27.3 Å². The Hall–Kier alpha value is -1.79. The van der Waals surface area contributed by atoms with Crippen molar-refractivity contribution < 1.29 is 4.74 Å². The lowest BCUT2D eigenvalue weighted by Gasteiger charge is -2.01. The van der Waals surface area contributed by atoms with Crippen molar-refractivity contribution in [2.75, 3.05) is 7.11 Å². The Labute approximate surface area is 118 Å². The van der Waals surface area contributed by atoms with Crippen molar-refractivity contribution in [1.82, 2.24) is 20.2 Å². The van der Waals surface area contributed by atoms with Gasteiger partial charge < -0.3 is 4.74 Å². The number of fused-ring (bicyclic) bond motifs is 1. The van der Waals surface area contributed by atoms with E-state index in [1.54, 1.807) is 23.5 Å². The van der Waals surface area contributed by atoms with Crippen molar-refractivity contribution in [1.29, 1.82) is 0 Å². The predicted octanol–water partition coefficient (Wildman–Crippen LogP) is 3.12. The molecule has 0 bridgehead atoms. The summed E-state index contributed by atoms with van der Waals surface area (Å²) in [6.45, 7) is 2.01. The van der Waals surface area contributed by atoms with E-state index < -0.39 is 0 Å². The van der Waals surface area contributed by atoms with E-state index in [1.807, 2.05) is 13.0 Å². The van der Waals surface area contributed by atoms with Crippen molar-refractivity contribution >= 4 is 33.2 Å². The first-order chi connectivity index (χ1) is 9.17. The average Bonchev–Trinajstić information content (AvgIpc) is 2.80. The molecule has 0 aromatic carbocycles. The Morgan fingerprint density at radius 1 is 1.21 bits per heavy atom. The minimum absolute atomic E-state index is 0.432. The van der Waals surface area contributed by atoms with E-state index in [2.05, 4.69) is 20.2 Å². The third-order valence-corrected chi connectivity index (χ3v) is 3.78. The Balaban J connectivity index is 2.13. The number of hydrogen-bond acceptors (Lipinski definition) is 6. The minimum Gasteiger partial charge on any atom is -0.480 e. The second-order valence-electron chi connectivity index (χ2n) is 3.87. The molecule has 0 radical (unpaired) electrons. The molecular formula is C12H9ClN4OS. The molecule has 0 aliphatic carbocycles. The summed E-state index contributed by atoms with van der Waals surface area (Å²) in [5.74, 6) is 0.914. The summed E-state index contributed by atoms with van der Waals surface area (Å²) in [6.07, 6.45) is 0. The third kappa shape index (κ3) is 2.24. The summed E-state index contributed by atoms with van der Waals surface area (Å²) in [5, 5.41) is 9.22. The van der Waals surface area contributed by atoms with Gasteiger partial charge in [0.2, 0.25) is 5.88 Å². The highest BCUT2D eigenvalue weighted by atomic mass is 35.5. The lowest BCUT2D eigenvalue weighted by atomic mass is 10.3. The fraction of sp³-hybridized carbons (Fsp3) is 0.167. The maximum Gasteiger partial charge on any atom is 0.233 e. The number of thiophene rings is 1. The van der Waals surface area contributed by atoms with Gasteiger partial charge in [-0.05, 0) is 19.1 Å². The monoisotopic (exact) mass is 292 g/mol. The SMILES string of the molecule is COc1ccc(-c2nc(Cl)c3cc(C)sc3n2)nn1. The Bertz CT molecular complexity index is 741. The summed E-state index contributed by atoms with van der Waals surface area (Å²) in [6, 6.07) is 5.44. The topological polar surface area (TPSA) is 60.8 Å². The van der Waals surface area contributed by atoms with Gasteiger partial charge >= 0.3 is 0 Å². The Morgan fingerprint density at radius 3 is 2.74 bits per heavy atom. The fourth-order valence-electron chi connectivity index (χ4n) is 1.67. The van der Waals surface area contributed by atoms with Crippen LogP contribution in [0.1, 0.15) is 4.88 Å². The van der Waals surface area contributed by atoms with Crippen LogP contribution < -0.4 is 4.74 Å². The normalized spacial score (nSPS) is 10.9. The highest BCUT2D eigenvalue weighted by molar-refractivity contribution is 7.18. The van der Waals surface area contributed by atoms with E-state index in [4.69, 9.17) is 16.3 Å². The molecule has 3 rings (SSSR count). The van der Waals surface area contributed by atoms with Gasteiger partial charge in [-0.3, -0.25) is 0 Å². The fourth-order valence-corrected chi connectivity index (χ4v) is 2.83. The predicted molar refractivity (Wildman–Crippen MR) is 74.7 cm³/mol. The standard InChI is InChI=1S/C12H9ClN4OS/c1-6-5-7-10(13)14-11(15-12(7)19-6)8-3-4-9(18-2)17-16-8/h3-5H,1-2H3. The molecule has 0 amide bonds. The molecule has 0 saturated heterocycles. The number of aromatic nitrogens is 4. The molecule has 0 aliphatic rings. The van der Waals surface area contributed by atoms with Crippen LogP contribution in [0.2, 0.25) is 5.15 Å². The molecule has 0 aliphatic heterocycles. The van der Waals surface area contributed by atoms with Gasteiger partial charge in [0.1, 0.15) is 15.7 Å². The van der Waals surface area contributed by atoms with E-state index in [9.17, 15) is 0 Å². The number of nitrogens with zero attached hydrogens (tertiary/aromatic N) is 4. The van der Waals surface area contributed by atoms with Crippen LogP contribution in [0.5, 0.6) is 5.88 Å². The van der Waals surface area contributed by atoms with Crippen molar-refractivity contribution in [3.63, 3.8) is 0 Å². The molecule has 0 fully saturated rings. The number of aryl methyl sites for hydroxylation is 1. The quantitative estimate of drug-likeness (QED) is 0.679. The van der Waals surface area contributed by atoms with Gasteiger partial charge in [0, 0.05) is 16.3 Å². The first-order valence-electron chi connectivity index (χ1n) is 5.49. The van der Waals surface area contributed by atoms with Crippen LogP contribution in [0, 0.1) is 6.92 Å². The summed E-state index contributed by atoms with van der Waals surface area (Å²) in [5.41, 5.74) is 0.565. The van der Waals surface area contributed by atoms with Gasteiger partial charge in [0.05, 0.1) is 7.11 Å². The summed E-state index contributed by atoms with van der Waals surface area (Å²) in [7, 11) is 1.54. The van der Waals surface area contributed by atoms with Gasteiger partial charge in [-0.1, -0.05) is 11.6 Å². The van der Waals surface area contributed by atoms with Crippen LogP contribution >= 0.6 is 22.9 Å². The second kappa shape index (κ2) is 4.71. The second-order valence-corrected chi connectivity index (χ2v) is 5.47. The van der Waals surface area contributed by atoms with Crippen molar-refractivity contribution in [2.45, 2.75) is 6.92 Å². The molecule has 3 heterocycles. The summed E-state index contributed by atoms with van der Waals surface area (Å²) < 4.78 is 4.96. The third-order valence-electron chi connectivity index (χ3n) is 2.55. The molecule has 96 valence electrons. The lowest BCUT2D eigenvalue weighted by Crippen LogP contribution is -1.96. The summed E-state index contributed by atoms with van der Waals surface area (Å²) in [4.78, 5) is 10.7. The molecule has 0 spiro atoms. The van der Waals surface area contributed by atoms with Crippen LogP contribution in [0.3, 0.4) is 0 Å². The summed E-state index contributed by atoms with van der Waals surface area (Å²) >= 11 is 7.74. The first-order valence-corrected chi connectivity index (χ1v) is 6.68. The largest absolute Gasteiger partial charge is 0.480 e. The lowest BCUT2D eigenvalue weighted by molar-refractivity contribution is 0.392. The van der Waals surface area contributed by atoms with Crippen molar-refractivity contribution in [3.05, 3.63) is 28.2 Å². The van der Waals surface area contributed by atoms with Crippen molar-refractivity contribution in [3.8, 4) is 17.4 Å². The molecule has 19 heavy (non-hydrogen) atoms. The minimum atomic E-state index is 0.432.